The number of carboxylic acid groups (broad SMARTS) is 1. The minimum Gasteiger partial charge on any atom is -0.548 e. The molecule has 3 rings (SSSR count). The summed E-state index contributed by atoms with van der Waals surface area (Å²) in [5, 5.41) is 16.1. The van der Waals surface area contributed by atoms with Crippen molar-refractivity contribution in [2.75, 3.05) is 0 Å². The van der Waals surface area contributed by atoms with Crippen molar-refractivity contribution in [3.8, 4) is 0 Å². The Morgan fingerprint density at radius 2 is 1.89 bits per heavy atom. The van der Waals surface area contributed by atoms with Gasteiger partial charge in [0.25, 0.3) is 0 Å². The van der Waals surface area contributed by atoms with Gasteiger partial charge in [-0.25, -0.2) is 4.79 Å². The molecule has 2 aliphatic heterocycles. The molecule has 2 unspecified atom stereocenters. The quantitative estimate of drug-likeness (QED) is 0.430. The maximum atomic E-state index is 12.3. The number of benzene rings is 1. The molecule has 0 radical (unpaired) electrons. The van der Waals surface area contributed by atoms with E-state index in [9.17, 15) is 19.5 Å². The third-order valence-electron chi connectivity index (χ3n) is 4.52. The molecule has 138 valence electrons. The van der Waals surface area contributed by atoms with E-state index >= 15 is 0 Å². The average molecular weight is 397 g/mol. The van der Waals surface area contributed by atoms with Crippen LogP contribution in [0.15, 0.2) is 30.5 Å². The molecule has 2 saturated heterocycles. The summed E-state index contributed by atoms with van der Waals surface area (Å²) >= 11 is 1.35. The third-order valence-corrected chi connectivity index (χ3v) is 6.09. The van der Waals surface area contributed by atoms with E-state index in [2.05, 4.69) is 10.6 Å². The monoisotopic (exact) mass is 397 g/mol. The van der Waals surface area contributed by atoms with E-state index in [1.807, 2.05) is 31.2 Å². The largest absolute Gasteiger partial charge is 1.00 e. The van der Waals surface area contributed by atoms with Crippen molar-refractivity contribution in [1.29, 1.82) is 0 Å². The number of carboxylic acids is 1. The fourth-order valence-corrected chi connectivity index (χ4v) is 4.82. The van der Waals surface area contributed by atoms with Gasteiger partial charge < -0.3 is 25.4 Å². The summed E-state index contributed by atoms with van der Waals surface area (Å²) in [7, 11) is 0. The molecule has 0 saturated carbocycles. The number of hydrogen-bond donors (Lipinski definition) is 2. The van der Waals surface area contributed by atoms with Crippen LogP contribution < -0.4 is 45.3 Å². The molecule has 2 aliphatic rings. The number of rotatable bonds is 4. The molecule has 3 atom stereocenters. The van der Waals surface area contributed by atoms with E-state index in [1.54, 1.807) is 19.9 Å². The van der Waals surface area contributed by atoms with E-state index < -0.39 is 40.1 Å². The number of nitrogens with zero attached hydrogens (tertiary/aromatic N) is 1. The van der Waals surface area contributed by atoms with E-state index in [-0.39, 0.29) is 29.6 Å². The number of urea groups is 1. The first-order valence-electron chi connectivity index (χ1n) is 8.22. The van der Waals surface area contributed by atoms with Crippen LogP contribution in [0.25, 0.3) is 6.08 Å². The second-order valence-corrected chi connectivity index (χ2v) is 8.69. The summed E-state index contributed by atoms with van der Waals surface area (Å²) in [5.41, 5.74) is 2.08. The summed E-state index contributed by atoms with van der Waals surface area (Å²) in [4.78, 5) is 36.9. The van der Waals surface area contributed by atoms with Crippen LogP contribution in [-0.4, -0.2) is 45.0 Å². The maximum absolute atomic E-state index is 12.3. The zero-order chi connectivity index (χ0) is 19.1. The van der Waals surface area contributed by atoms with E-state index in [0.717, 1.165) is 11.1 Å². The molecule has 0 bridgehead atoms. The van der Waals surface area contributed by atoms with E-state index in [4.69, 9.17) is 0 Å². The number of hydrogen-bond acceptors (Lipinski definition) is 5. The van der Waals surface area contributed by atoms with Gasteiger partial charge in [0.15, 0.2) is 0 Å². The van der Waals surface area contributed by atoms with Crippen LogP contribution in [0.2, 0.25) is 0 Å². The number of amides is 3. The third kappa shape index (κ3) is 4.34. The molecule has 2 heterocycles. The molecule has 0 aromatic heterocycles. The minimum absolute atomic E-state index is 0. The van der Waals surface area contributed by atoms with Crippen molar-refractivity contribution in [3.05, 3.63) is 41.6 Å². The Morgan fingerprint density at radius 3 is 2.48 bits per heavy atom. The van der Waals surface area contributed by atoms with Crippen molar-refractivity contribution in [1.82, 2.24) is 15.5 Å². The van der Waals surface area contributed by atoms with Gasteiger partial charge in [-0.05, 0) is 32.4 Å². The van der Waals surface area contributed by atoms with Crippen LogP contribution in [0.1, 0.15) is 25.0 Å². The van der Waals surface area contributed by atoms with Gasteiger partial charge in [0.2, 0.25) is 5.91 Å². The molecular weight excluding hydrogens is 377 g/mol. The predicted octanol–water partition coefficient (Wildman–Crippen LogP) is -2.55. The Hall–Kier alpha value is -1.48. The molecule has 27 heavy (non-hydrogen) atoms. The molecule has 1 aromatic rings. The van der Waals surface area contributed by atoms with Gasteiger partial charge in [-0.15, -0.1) is 11.8 Å². The molecule has 9 heteroatoms. The first-order chi connectivity index (χ1) is 12.2. The number of aryl methyl sites for hydroxylation is 1. The summed E-state index contributed by atoms with van der Waals surface area (Å²) in [6, 6.07) is 5.54. The standard InChI is InChI=1S/C18H21N3O4S.Na/c1-10-4-6-11(7-5-10)8-9-19-17(25)20-12-14(22)21-13(16(23)24)18(2,3)26-15(12)21;/h4-9,12-13,15H,1-3H3,(H,23,24)(H2,19,20,25);/q;+1/p-1/b9-8+;/t12?,13-,15?;/m0./s1. The molecule has 2 N–H and O–H groups in total. The van der Waals surface area contributed by atoms with Crippen molar-refractivity contribution < 1.29 is 49.0 Å². The average Bonchev–Trinajstić information content (AvgIpc) is 2.83. The van der Waals surface area contributed by atoms with Crippen LogP contribution in [0.3, 0.4) is 0 Å². The topological polar surface area (TPSA) is 102 Å². The smallest absolute Gasteiger partial charge is 0.548 e. The van der Waals surface area contributed by atoms with Crippen molar-refractivity contribution in [2.24, 2.45) is 0 Å². The van der Waals surface area contributed by atoms with Gasteiger partial charge >= 0.3 is 35.6 Å². The van der Waals surface area contributed by atoms with Gasteiger partial charge in [-0.2, -0.15) is 0 Å². The number of β-lactam (4-membered cyclic amide) rings is 1. The summed E-state index contributed by atoms with van der Waals surface area (Å²) in [5.74, 6) is -1.68. The van der Waals surface area contributed by atoms with E-state index in [1.165, 1.54) is 22.9 Å². The van der Waals surface area contributed by atoms with Gasteiger partial charge in [0.05, 0.1) is 12.0 Å². The SMILES string of the molecule is Cc1ccc(/C=C/NC(=O)NC2C(=O)N3C2SC(C)(C)[C@@H]3C(=O)[O-])cc1.[Na+]. The van der Waals surface area contributed by atoms with Crippen LogP contribution >= 0.6 is 11.8 Å². The van der Waals surface area contributed by atoms with Gasteiger partial charge in [-0.1, -0.05) is 29.8 Å². The van der Waals surface area contributed by atoms with Crippen LogP contribution in [-0.2, 0) is 9.59 Å². The molecule has 3 amide bonds. The van der Waals surface area contributed by atoms with Crippen LogP contribution in [0.4, 0.5) is 4.79 Å². The Balaban J connectivity index is 0.00000261. The van der Waals surface area contributed by atoms with Crippen molar-refractivity contribution >= 4 is 35.7 Å². The number of nitrogens with one attached hydrogen (secondary N) is 2. The molecule has 0 spiro atoms. The summed E-state index contributed by atoms with van der Waals surface area (Å²) in [6.07, 6.45) is 3.24. The predicted molar refractivity (Wildman–Crippen MR) is 96.8 cm³/mol. The number of thioether (sulfide) groups is 1. The number of fused-ring (bicyclic) bond motifs is 1. The normalized spacial score (nSPS) is 25.4. The number of carbonyl (C=O) groups is 3. The zero-order valence-electron chi connectivity index (χ0n) is 15.7. The number of carbonyl (C=O) groups excluding carboxylic acids is 3. The van der Waals surface area contributed by atoms with Crippen molar-refractivity contribution in [2.45, 2.75) is 43.0 Å². The Bertz CT molecular complexity index is 781. The Kier molecular flexibility index (Phi) is 6.68. The summed E-state index contributed by atoms with van der Waals surface area (Å²) in [6.45, 7) is 5.50. The molecule has 7 nitrogen and oxygen atoms in total. The minimum atomic E-state index is -1.28. The van der Waals surface area contributed by atoms with Crippen LogP contribution in [0.5, 0.6) is 0 Å². The molecule has 1 aromatic carbocycles. The fourth-order valence-electron chi connectivity index (χ4n) is 3.20. The second-order valence-electron chi connectivity index (χ2n) is 6.92. The van der Waals surface area contributed by atoms with Gasteiger partial charge in [0, 0.05) is 10.9 Å². The maximum Gasteiger partial charge on any atom is 1.00 e. The van der Waals surface area contributed by atoms with Crippen LogP contribution in [0, 0.1) is 6.92 Å². The van der Waals surface area contributed by atoms with E-state index in [0.29, 0.717) is 0 Å². The fraction of sp³-hybridized carbons (Fsp3) is 0.389. The Labute approximate surface area is 184 Å². The van der Waals surface area contributed by atoms with Crippen molar-refractivity contribution in [3.63, 3.8) is 0 Å². The first-order valence-corrected chi connectivity index (χ1v) is 9.10. The second kappa shape index (κ2) is 8.26. The van der Waals surface area contributed by atoms with Gasteiger partial charge in [0.1, 0.15) is 11.4 Å². The number of aliphatic carboxylic acids is 1. The Morgan fingerprint density at radius 1 is 1.26 bits per heavy atom. The molecule has 0 aliphatic carbocycles. The molecular formula is C18H20N3NaO4S. The summed E-state index contributed by atoms with van der Waals surface area (Å²) < 4.78 is -0.669. The zero-order valence-corrected chi connectivity index (χ0v) is 18.5. The first kappa shape index (κ1) is 21.8. The molecule has 2 fully saturated rings. The van der Waals surface area contributed by atoms with Gasteiger partial charge in [-0.3, -0.25) is 4.79 Å².